The second kappa shape index (κ2) is 12.9. The molecule has 212 valence electrons. The molecule has 6 rings (SSSR count). The molecule has 0 amide bonds. The molecule has 0 N–H and O–H groups in total. The zero-order valence-electron chi connectivity index (χ0n) is 24.2. The molecule has 0 heterocycles. The summed E-state index contributed by atoms with van der Waals surface area (Å²) in [6.45, 7) is 4.29. The zero-order chi connectivity index (χ0) is 29.1. The number of benzene rings is 5. The van der Waals surface area contributed by atoms with E-state index in [-0.39, 0.29) is 0 Å². The molecule has 0 atom stereocenters. The summed E-state index contributed by atoms with van der Waals surface area (Å²) in [5, 5.41) is 0. The Kier molecular flexibility index (Phi) is 8.83. The van der Waals surface area contributed by atoms with Crippen LogP contribution >= 0.6 is 31.9 Å². The van der Waals surface area contributed by atoms with Crippen molar-refractivity contribution in [2.24, 2.45) is 0 Å². The van der Waals surface area contributed by atoms with E-state index < -0.39 is 0 Å². The summed E-state index contributed by atoms with van der Waals surface area (Å²) >= 11 is 7.20. The first kappa shape index (κ1) is 28.8. The zero-order valence-corrected chi connectivity index (χ0v) is 27.4. The molecule has 0 radical (unpaired) electrons. The molecule has 5 aromatic carbocycles. The number of nitrogens with zero attached hydrogens (tertiary/aromatic N) is 2. The van der Waals surface area contributed by atoms with E-state index in [0.29, 0.717) is 12.0 Å². The number of anilines is 5. The van der Waals surface area contributed by atoms with Crippen molar-refractivity contribution in [3.05, 3.63) is 147 Å². The Balaban J connectivity index is 1.21. The van der Waals surface area contributed by atoms with Gasteiger partial charge in [0.15, 0.2) is 0 Å². The molecule has 0 spiro atoms. The average molecular weight is 681 g/mol. The number of rotatable bonds is 7. The number of aryl methyl sites for hydroxylation is 2. The van der Waals surface area contributed by atoms with Gasteiger partial charge in [-0.05, 0) is 136 Å². The predicted molar refractivity (Wildman–Crippen MR) is 186 cm³/mol. The van der Waals surface area contributed by atoms with Gasteiger partial charge in [0.05, 0.1) is 0 Å². The van der Waals surface area contributed by atoms with Crippen LogP contribution in [0.15, 0.2) is 130 Å². The first-order chi connectivity index (χ1) is 20.4. The van der Waals surface area contributed by atoms with Crippen LogP contribution in [0.5, 0.6) is 0 Å². The Bertz CT molecular complexity index is 1490. The fourth-order valence-corrected chi connectivity index (χ4v) is 6.70. The van der Waals surface area contributed by atoms with Crippen molar-refractivity contribution in [2.75, 3.05) is 9.80 Å². The van der Waals surface area contributed by atoms with E-state index in [1.807, 2.05) is 0 Å². The minimum absolute atomic E-state index is 0.485. The quantitative estimate of drug-likeness (QED) is 0.169. The molecule has 2 nitrogen and oxygen atoms in total. The molecule has 4 heteroatoms. The van der Waals surface area contributed by atoms with Crippen molar-refractivity contribution >= 4 is 60.3 Å². The van der Waals surface area contributed by atoms with Crippen LogP contribution in [0.4, 0.5) is 28.4 Å². The monoisotopic (exact) mass is 678 g/mol. The molecule has 42 heavy (non-hydrogen) atoms. The second-order valence-electron chi connectivity index (χ2n) is 11.4. The lowest BCUT2D eigenvalue weighted by atomic mass is 9.81. The Morgan fingerprint density at radius 1 is 0.452 bits per heavy atom. The van der Waals surface area contributed by atoms with Crippen molar-refractivity contribution in [3.63, 3.8) is 0 Å². The summed E-state index contributed by atoms with van der Waals surface area (Å²) in [5.74, 6) is 0.584. The standard InChI is InChI=1S/C38H36Br2N2/c1-27-3-15-33(16-4-27)41(37-23-11-31(39)12-24-37)35-19-7-29(8-20-35)30-9-21-36(22-10-30)42(34-17-5-28(2)6-18-34)38-25-13-32(40)14-26-38/h3-8,11-20,23-26,30,36H,9-10,21-22H2,1-2H3. The van der Waals surface area contributed by atoms with Crippen LogP contribution in [0.25, 0.3) is 0 Å². The van der Waals surface area contributed by atoms with Gasteiger partial charge in [-0.15, -0.1) is 0 Å². The predicted octanol–water partition coefficient (Wildman–Crippen LogP) is 12.2. The van der Waals surface area contributed by atoms with Crippen molar-refractivity contribution in [2.45, 2.75) is 51.5 Å². The lowest BCUT2D eigenvalue weighted by Crippen LogP contribution is -2.34. The molecule has 1 saturated carbocycles. The molecule has 0 unspecified atom stereocenters. The summed E-state index contributed by atoms with van der Waals surface area (Å²) < 4.78 is 2.20. The van der Waals surface area contributed by atoms with Crippen LogP contribution < -0.4 is 9.80 Å². The molecule has 0 aliphatic heterocycles. The third-order valence-corrected chi connectivity index (χ3v) is 9.54. The molecule has 1 aliphatic carbocycles. The van der Waals surface area contributed by atoms with E-state index in [0.717, 1.165) is 14.6 Å². The first-order valence-corrected chi connectivity index (χ1v) is 16.4. The molecule has 0 aromatic heterocycles. The minimum atomic E-state index is 0.485. The van der Waals surface area contributed by atoms with Gasteiger partial charge in [0.1, 0.15) is 0 Å². The van der Waals surface area contributed by atoms with Crippen LogP contribution in [-0.4, -0.2) is 6.04 Å². The van der Waals surface area contributed by atoms with Gasteiger partial charge >= 0.3 is 0 Å². The van der Waals surface area contributed by atoms with Gasteiger partial charge in [0.25, 0.3) is 0 Å². The number of hydrogen-bond donors (Lipinski definition) is 0. The Morgan fingerprint density at radius 2 is 0.810 bits per heavy atom. The summed E-state index contributed by atoms with van der Waals surface area (Å²) in [7, 11) is 0. The Labute approximate surface area is 267 Å². The SMILES string of the molecule is Cc1ccc(N(c2ccc(Br)cc2)c2ccc(C3CCC(N(c4ccc(C)cc4)c4ccc(Br)cc4)CC3)cc2)cc1. The molecular weight excluding hydrogens is 644 g/mol. The van der Waals surface area contributed by atoms with Crippen LogP contribution in [0.2, 0.25) is 0 Å². The third kappa shape index (κ3) is 6.50. The van der Waals surface area contributed by atoms with E-state index in [2.05, 4.69) is 177 Å². The smallest absolute Gasteiger partial charge is 0.0462 e. The van der Waals surface area contributed by atoms with Crippen LogP contribution in [0.1, 0.15) is 48.3 Å². The van der Waals surface area contributed by atoms with Gasteiger partial charge in [0.2, 0.25) is 0 Å². The molecule has 5 aromatic rings. The van der Waals surface area contributed by atoms with Crippen molar-refractivity contribution in [3.8, 4) is 0 Å². The fraction of sp³-hybridized carbons (Fsp3) is 0.211. The lowest BCUT2D eigenvalue weighted by molar-refractivity contribution is 0.392. The first-order valence-electron chi connectivity index (χ1n) is 14.8. The third-order valence-electron chi connectivity index (χ3n) is 8.48. The Morgan fingerprint density at radius 3 is 1.26 bits per heavy atom. The van der Waals surface area contributed by atoms with E-state index in [1.54, 1.807) is 0 Å². The maximum atomic E-state index is 3.61. The molecular formula is C38H36Br2N2. The average Bonchev–Trinajstić information content (AvgIpc) is 3.02. The van der Waals surface area contributed by atoms with Crippen molar-refractivity contribution < 1.29 is 0 Å². The van der Waals surface area contributed by atoms with Gasteiger partial charge in [-0.3, -0.25) is 0 Å². The lowest BCUT2D eigenvalue weighted by Gasteiger charge is -2.39. The largest absolute Gasteiger partial charge is 0.338 e. The highest BCUT2D eigenvalue weighted by atomic mass is 79.9. The maximum absolute atomic E-state index is 3.61. The van der Waals surface area contributed by atoms with E-state index in [4.69, 9.17) is 0 Å². The highest BCUT2D eigenvalue weighted by Crippen LogP contribution is 2.41. The minimum Gasteiger partial charge on any atom is -0.338 e. The van der Waals surface area contributed by atoms with Gasteiger partial charge in [0, 0.05) is 43.4 Å². The maximum Gasteiger partial charge on any atom is 0.0462 e. The highest BCUT2D eigenvalue weighted by Gasteiger charge is 2.28. The van der Waals surface area contributed by atoms with E-state index >= 15 is 0 Å². The molecule has 0 saturated heterocycles. The van der Waals surface area contributed by atoms with Gasteiger partial charge < -0.3 is 9.80 Å². The van der Waals surface area contributed by atoms with Crippen molar-refractivity contribution in [1.82, 2.24) is 0 Å². The van der Waals surface area contributed by atoms with E-state index in [9.17, 15) is 0 Å². The molecule has 1 fully saturated rings. The highest BCUT2D eigenvalue weighted by molar-refractivity contribution is 9.10. The summed E-state index contributed by atoms with van der Waals surface area (Å²) in [4.78, 5) is 4.90. The van der Waals surface area contributed by atoms with Crippen LogP contribution in [0.3, 0.4) is 0 Å². The topological polar surface area (TPSA) is 6.48 Å². The van der Waals surface area contributed by atoms with Gasteiger partial charge in [-0.1, -0.05) is 79.4 Å². The second-order valence-corrected chi connectivity index (χ2v) is 13.3. The fourth-order valence-electron chi connectivity index (χ4n) is 6.17. The number of halogens is 2. The van der Waals surface area contributed by atoms with E-state index in [1.165, 1.54) is 65.1 Å². The van der Waals surface area contributed by atoms with Gasteiger partial charge in [-0.2, -0.15) is 0 Å². The van der Waals surface area contributed by atoms with Crippen LogP contribution in [0, 0.1) is 13.8 Å². The van der Waals surface area contributed by atoms with Crippen molar-refractivity contribution in [1.29, 1.82) is 0 Å². The van der Waals surface area contributed by atoms with Crippen LogP contribution in [-0.2, 0) is 0 Å². The normalized spacial score (nSPS) is 16.7. The summed E-state index contributed by atoms with van der Waals surface area (Å²) in [6.07, 6.45) is 4.73. The van der Waals surface area contributed by atoms with Gasteiger partial charge in [-0.25, -0.2) is 0 Å². The summed E-state index contributed by atoms with van der Waals surface area (Å²) in [5.41, 5.74) is 10.0. The molecule has 0 bridgehead atoms. The Hall–Kier alpha value is -3.34. The summed E-state index contributed by atoms with van der Waals surface area (Å²) in [6, 6.07) is 44.9. The number of hydrogen-bond acceptors (Lipinski definition) is 2. The molecule has 1 aliphatic rings.